The molecule has 0 bridgehead atoms. The topological polar surface area (TPSA) is 117 Å². The second kappa shape index (κ2) is 33.3. The van der Waals surface area contributed by atoms with Gasteiger partial charge in [-0.2, -0.15) is 0 Å². The van der Waals surface area contributed by atoms with Gasteiger partial charge in [-0.3, -0.25) is 13.8 Å². The summed E-state index contributed by atoms with van der Waals surface area (Å²) in [6.07, 6.45) is 33.2. The second-order valence-electron chi connectivity index (χ2n) is 11.7. The number of hydrogen-bond donors (Lipinski definition) is 2. The van der Waals surface area contributed by atoms with Gasteiger partial charge in [0.1, 0.15) is 6.10 Å². The van der Waals surface area contributed by atoms with Gasteiger partial charge in [0.05, 0.1) is 19.8 Å². The zero-order valence-electron chi connectivity index (χ0n) is 28.4. The van der Waals surface area contributed by atoms with Gasteiger partial charge in [0.15, 0.2) is 0 Å². The zero-order chi connectivity index (χ0) is 32.4. The second-order valence-corrected chi connectivity index (χ2v) is 13.2. The number of phosphoric acid groups is 1. The van der Waals surface area contributed by atoms with Gasteiger partial charge in [0.25, 0.3) is 0 Å². The molecule has 0 aliphatic rings. The van der Waals surface area contributed by atoms with Gasteiger partial charge in [0, 0.05) is 19.6 Å². The van der Waals surface area contributed by atoms with E-state index >= 15 is 0 Å². The smallest absolute Gasteiger partial charge is 0.457 e. The van der Waals surface area contributed by atoms with Crippen molar-refractivity contribution in [3.8, 4) is 0 Å². The molecule has 0 aliphatic heterocycles. The molecule has 260 valence electrons. The Labute approximate surface area is 270 Å². The van der Waals surface area contributed by atoms with Crippen molar-refractivity contribution in [2.24, 2.45) is 5.73 Å². The van der Waals surface area contributed by atoms with Crippen molar-refractivity contribution in [2.45, 2.75) is 161 Å². The lowest BCUT2D eigenvalue weighted by Gasteiger charge is -2.20. The van der Waals surface area contributed by atoms with E-state index in [0.717, 1.165) is 64.2 Å². The highest BCUT2D eigenvalue weighted by Gasteiger charge is 2.25. The lowest BCUT2D eigenvalue weighted by atomic mass is 10.1. The van der Waals surface area contributed by atoms with Crippen LogP contribution in [0.5, 0.6) is 0 Å². The zero-order valence-corrected chi connectivity index (χ0v) is 29.3. The Hall–Kier alpha value is -1.02. The van der Waals surface area contributed by atoms with Crippen LogP contribution in [0, 0.1) is 0 Å². The summed E-state index contributed by atoms with van der Waals surface area (Å²) < 4.78 is 33.2. The number of ether oxygens (including phenoxy) is 2. The molecule has 0 spiro atoms. The van der Waals surface area contributed by atoms with E-state index in [-0.39, 0.29) is 32.3 Å². The molecule has 9 heteroatoms. The number of hydrogen-bond acceptors (Lipinski definition) is 7. The number of nitrogens with two attached hydrogens (primary N) is 1. The number of allylic oxidation sites excluding steroid dienone is 4. The summed E-state index contributed by atoms with van der Waals surface area (Å²) in [5, 5.41) is 0. The van der Waals surface area contributed by atoms with E-state index in [9.17, 15) is 14.3 Å². The number of phosphoric ester groups is 1. The van der Waals surface area contributed by atoms with Gasteiger partial charge in [-0.25, -0.2) is 4.57 Å². The fraction of sp³-hybridized carbons (Fsp3) is 0.857. The predicted octanol–water partition coefficient (Wildman–Crippen LogP) is 9.74. The Morgan fingerprint density at radius 1 is 0.682 bits per heavy atom. The Kier molecular flexibility index (Phi) is 32.6. The molecule has 0 heterocycles. The molecule has 0 aliphatic carbocycles. The van der Waals surface area contributed by atoms with Crippen molar-refractivity contribution in [1.29, 1.82) is 0 Å². The van der Waals surface area contributed by atoms with Crippen LogP contribution in [0.4, 0.5) is 0 Å². The monoisotopic (exact) mass is 645 g/mol. The number of carbonyl (C=O) groups excluding carboxylic acids is 1. The molecule has 44 heavy (non-hydrogen) atoms. The van der Waals surface area contributed by atoms with Gasteiger partial charge in [-0.05, 0) is 38.5 Å². The maximum absolute atomic E-state index is 12.5. The fourth-order valence-corrected chi connectivity index (χ4v) is 5.50. The van der Waals surface area contributed by atoms with Crippen LogP contribution in [0.25, 0.3) is 0 Å². The van der Waals surface area contributed by atoms with Gasteiger partial charge >= 0.3 is 13.8 Å². The minimum atomic E-state index is -4.27. The first-order valence-corrected chi connectivity index (χ1v) is 19.3. The van der Waals surface area contributed by atoms with E-state index in [1.165, 1.54) is 70.6 Å². The lowest BCUT2D eigenvalue weighted by molar-refractivity contribution is -0.154. The summed E-state index contributed by atoms with van der Waals surface area (Å²) in [6.45, 7) is 4.83. The van der Waals surface area contributed by atoms with E-state index in [1.54, 1.807) is 0 Å². The summed E-state index contributed by atoms with van der Waals surface area (Å²) in [4.78, 5) is 22.3. The molecule has 0 amide bonds. The normalized spacial score (nSPS) is 14.0. The highest BCUT2D eigenvalue weighted by molar-refractivity contribution is 7.47. The molecule has 8 nitrogen and oxygen atoms in total. The first kappa shape index (κ1) is 43.0. The summed E-state index contributed by atoms with van der Waals surface area (Å²) in [7, 11) is -4.27. The van der Waals surface area contributed by atoms with Crippen LogP contribution in [-0.4, -0.2) is 49.9 Å². The molecule has 3 N–H and O–H groups in total. The molecular weight excluding hydrogens is 577 g/mol. The Morgan fingerprint density at radius 3 is 1.86 bits per heavy atom. The summed E-state index contributed by atoms with van der Waals surface area (Å²) in [6, 6.07) is 0. The first-order valence-electron chi connectivity index (χ1n) is 17.8. The maximum Gasteiger partial charge on any atom is 0.472 e. The molecule has 0 saturated carbocycles. The van der Waals surface area contributed by atoms with E-state index in [2.05, 4.69) is 38.2 Å². The van der Waals surface area contributed by atoms with Crippen molar-refractivity contribution in [3.05, 3.63) is 24.3 Å². The first-order chi connectivity index (χ1) is 21.4. The van der Waals surface area contributed by atoms with Gasteiger partial charge < -0.3 is 20.1 Å². The molecule has 0 radical (unpaired) electrons. The molecule has 2 unspecified atom stereocenters. The molecule has 0 fully saturated rings. The van der Waals surface area contributed by atoms with Crippen molar-refractivity contribution in [3.63, 3.8) is 0 Å². The average Bonchev–Trinajstić information content (AvgIpc) is 3.01. The average molecular weight is 646 g/mol. The Balaban J connectivity index is 4.14. The highest BCUT2D eigenvalue weighted by Crippen LogP contribution is 2.43. The van der Waals surface area contributed by atoms with Crippen LogP contribution in [0.3, 0.4) is 0 Å². The number of esters is 1. The summed E-state index contributed by atoms with van der Waals surface area (Å²) in [5.41, 5.74) is 5.34. The van der Waals surface area contributed by atoms with Crippen LogP contribution in [0.1, 0.15) is 155 Å². The standard InChI is InChI=1S/C35H68NO7P/c1-3-5-7-9-11-13-15-17-18-20-22-24-26-28-35(37)43-34(33-42-44(38,39)41-31-29-36)32-40-30-27-25-23-21-19-16-14-12-10-8-6-4-2/h7,9,13,15,34H,3-6,8,10-12,14,16-33,36H2,1-2H3,(H,38,39)/b9-7-,15-13-. The molecule has 0 saturated heterocycles. The van der Waals surface area contributed by atoms with Crippen molar-refractivity contribution < 1.29 is 32.8 Å². The maximum atomic E-state index is 12.5. The number of unbranched alkanes of at least 4 members (excludes halogenated alkanes) is 17. The van der Waals surface area contributed by atoms with Crippen LogP contribution < -0.4 is 5.73 Å². The minimum Gasteiger partial charge on any atom is -0.457 e. The minimum absolute atomic E-state index is 0.0969. The molecule has 2 atom stereocenters. The third-order valence-electron chi connectivity index (χ3n) is 7.35. The predicted molar refractivity (Wildman–Crippen MR) is 183 cm³/mol. The van der Waals surface area contributed by atoms with E-state index in [1.807, 2.05) is 0 Å². The Bertz CT molecular complexity index is 732. The molecule has 0 aromatic rings. The molecule has 0 aromatic heterocycles. The van der Waals surface area contributed by atoms with Crippen LogP contribution >= 0.6 is 7.82 Å². The van der Waals surface area contributed by atoms with Crippen LogP contribution in [-0.2, 0) is 27.9 Å². The number of carbonyl (C=O) groups is 1. The summed E-state index contributed by atoms with van der Waals surface area (Å²) in [5.74, 6) is -0.345. The quantitative estimate of drug-likeness (QED) is 0.0307. The van der Waals surface area contributed by atoms with E-state index in [0.29, 0.717) is 13.0 Å². The van der Waals surface area contributed by atoms with Gasteiger partial charge in [-0.15, -0.1) is 0 Å². The third kappa shape index (κ3) is 32.4. The van der Waals surface area contributed by atoms with Crippen LogP contribution in [0.2, 0.25) is 0 Å². The van der Waals surface area contributed by atoms with Gasteiger partial charge in [-0.1, -0.05) is 134 Å². The van der Waals surface area contributed by atoms with Crippen molar-refractivity contribution >= 4 is 13.8 Å². The lowest BCUT2D eigenvalue weighted by Crippen LogP contribution is -2.28. The fourth-order valence-electron chi connectivity index (χ4n) is 4.74. The van der Waals surface area contributed by atoms with Gasteiger partial charge in [0.2, 0.25) is 0 Å². The summed E-state index contributed by atoms with van der Waals surface area (Å²) >= 11 is 0. The Morgan fingerprint density at radius 2 is 1.25 bits per heavy atom. The molecular formula is C35H68NO7P. The SMILES string of the molecule is CCC/C=C\C/C=C\CCCCCCCC(=O)OC(COCCCCCCCCCCCCCC)COP(=O)(O)OCCN. The van der Waals surface area contributed by atoms with E-state index < -0.39 is 13.9 Å². The third-order valence-corrected chi connectivity index (χ3v) is 8.34. The highest BCUT2D eigenvalue weighted by atomic mass is 31.2. The van der Waals surface area contributed by atoms with Crippen LogP contribution in [0.15, 0.2) is 24.3 Å². The number of rotatable bonds is 34. The molecule has 0 rings (SSSR count). The van der Waals surface area contributed by atoms with E-state index in [4.69, 9.17) is 24.3 Å². The largest absolute Gasteiger partial charge is 0.472 e. The molecule has 0 aromatic carbocycles. The van der Waals surface area contributed by atoms with Crippen molar-refractivity contribution in [1.82, 2.24) is 0 Å². The van der Waals surface area contributed by atoms with Crippen molar-refractivity contribution in [2.75, 3.05) is 33.0 Å².